The highest BCUT2D eigenvalue weighted by atomic mass is 35.5. The van der Waals surface area contributed by atoms with E-state index in [1.165, 1.54) is 5.56 Å². The number of aromatic nitrogens is 2. The van der Waals surface area contributed by atoms with E-state index in [1.54, 1.807) is 0 Å². The molecule has 0 unspecified atom stereocenters. The maximum atomic E-state index is 6.14. The lowest BCUT2D eigenvalue weighted by Crippen LogP contribution is -2.25. The summed E-state index contributed by atoms with van der Waals surface area (Å²) in [6, 6.07) is 8.20. The number of hydrogen-bond donors (Lipinski definition) is 0. The number of halogens is 1. The highest BCUT2D eigenvalue weighted by Gasteiger charge is 2.15. The Bertz CT molecular complexity index is 625. The molecule has 0 fully saturated rings. The molecule has 0 amide bonds. The number of hydrogen-bond acceptors (Lipinski definition) is 3. The van der Waals surface area contributed by atoms with Crippen molar-refractivity contribution >= 4 is 17.4 Å². The van der Waals surface area contributed by atoms with Crippen LogP contribution in [-0.4, -0.2) is 16.5 Å². The van der Waals surface area contributed by atoms with Crippen LogP contribution in [0.15, 0.2) is 24.3 Å². The van der Waals surface area contributed by atoms with Crippen molar-refractivity contribution in [3.8, 4) is 0 Å². The molecule has 0 radical (unpaired) electrons. The van der Waals surface area contributed by atoms with Gasteiger partial charge < -0.3 is 4.90 Å². The third-order valence-corrected chi connectivity index (χ3v) is 3.83. The van der Waals surface area contributed by atoms with Crippen LogP contribution >= 0.6 is 11.6 Å². The first-order valence-electron chi connectivity index (χ1n) is 7.25. The quantitative estimate of drug-likeness (QED) is 0.776. The van der Waals surface area contributed by atoms with Crippen LogP contribution in [-0.2, 0) is 12.4 Å². The van der Waals surface area contributed by atoms with E-state index in [0.717, 1.165) is 41.6 Å². The lowest BCUT2D eigenvalue weighted by atomic mass is 10.1. The summed E-state index contributed by atoms with van der Waals surface area (Å²) in [5.41, 5.74) is 5.42. The lowest BCUT2D eigenvalue weighted by Gasteiger charge is -2.25. The largest absolute Gasteiger partial charge is 0.351 e. The normalized spacial score (nSPS) is 10.7. The Hall–Kier alpha value is -1.61. The molecule has 0 saturated heterocycles. The highest BCUT2D eigenvalue weighted by molar-refractivity contribution is 6.17. The van der Waals surface area contributed by atoms with Gasteiger partial charge in [-0.2, -0.15) is 0 Å². The van der Waals surface area contributed by atoms with Crippen LogP contribution in [0.5, 0.6) is 0 Å². The molecule has 0 saturated carbocycles. The van der Waals surface area contributed by atoms with Gasteiger partial charge in [-0.05, 0) is 51.5 Å². The first-order chi connectivity index (χ1) is 10.0. The fraction of sp³-hybridized carbons (Fsp3) is 0.412. The lowest BCUT2D eigenvalue weighted by molar-refractivity contribution is 0.781. The van der Waals surface area contributed by atoms with Crippen LogP contribution < -0.4 is 4.90 Å². The third kappa shape index (κ3) is 3.73. The number of alkyl halides is 1. The van der Waals surface area contributed by atoms with Crippen LogP contribution in [0.2, 0.25) is 0 Å². The summed E-state index contributed by atoms with van der Waals surface area (Å²) >= 11 is 6.14. The molecule has 4 heteroatoms. The smallest absolute Gasteiger partial charge is 0.133 e. The van der Waals surface area contributed by atoms with E-state index in [2.05, 4.69) is 35.9 Å². The molecular weight excluding hydrogens is 282 g/mol. The predicted molar refractivity (Wildman–Crippen MR) is 89.0 cm³/mol. The van der Waals surface area contributed by atoms with Crippen LogP contribution in [0.4, 0.5) is 5.82 Å². The SMILES string of the molecule is CCN(Cc1cccc(C)n1)c1nc(C)cc(C)c1CCl. The molecule has 2 aromatic rings. The van der Waals surface area contributed by atoms with E-state index in [0.29, 0.717) is 5.88 Å². The van der Waals surface area contributed by atoms with Gasteiger partial charge >= 0.3 is 0 Å². The average molecular weight is 304 g/mol. The van der Waals surface area contributed by atoms with E-state index < -0.39 is 0 Å². The first-order valence-corrected chi connectivity index (χ1v) is 7.79. The zero-order chi connectivity index (χ0) is 15.4. The van der Waals surface area contributed by atoms with E-state index >= 15 is 0 Å². The molecule has 0 bridgehead atoms. The Morgan fingerprint density at radius 1 is 1.10 bits per heavy atom. The number of pyridine rings is 2. The molecule has 21 heavy (non-hydrogen) atoms. The zero-order valence-corrected chi connectivity index (χ0v) is 13.9. The minimum Gasteiger partial charge on any atom is -0.351 e. The molecule has 3 nitrogen and oxygen atoms in total. The summed E-state index contributed by atoms with van der Waals surface area (Å²) in [5.74, 6) is 1.46. The Morgan fingerprint density at radius 2 is 1.86 bits per heavy atom. The van der Waals surface area contributed by atoms with Crippen molar-refractivity contribution in [1.82, 2.24) is 9.97 Å². The molecule has 0 atom stereocenters. The van der Waals surface area contributed by atoms with Gasteiger partial charge in [0.2, 0.25) is 0 Å². The fourth-order valence-electron chi connectivity index (χ4n) is 2.49. The van der Waals surface area contributed by atoms with Gasteiger partial charge in [-0.3, -0.25) is 4.98 Å². The maximum Gasteiger partial charge on any atom is 0.133 e. The Morgan fingerprint density at radius 3 is 2.48 bits per heavy atom. The Balaban J connectivity index is 2.37. The van der Waals surface area contributed by atoms with Crippen molar-refractivity contribution in [2.45, 2.75) is 40.1 Å². The molecular formula is C17H22ClN3. The zero-order valence-electron chi connectivity index (χ0n) is 13.2. The standard InChI is InChI=1S/C17H22ClN3/c1-5-21(11-15-8-6-7-13(3)19-15)17-16(10-18)12(2)9-14(4)20-17/h6-9H,5,10-11H2,1-4H3. The molecule has 2 heterocycles. The number of anilines is 1. The third-order valence-electron chi connectivity index (χ3n) is 3.57. The molecule has 0 aliphatic carbocycles. The predicted octanol–water partition coefficient (Wildman–Crippen LogP) is 4.17. The van der Waals surface area contributed by atoms with E-state index in [4.69, 9.17) is 16.6 Å². The average Bonchev–Trinajstić information content (AvgIpc) is 2.44. The molecule has 0 spiro atoms. The second-order valence-electron chi connectivity index (χ2n) is 5.30. The van der Waals surface area contributed by atoms with Gasteiger partial charge in [-0.25, -0.2) is 4.98 Å². The van der Waals surface area contributed by atoms with Crippen molar-refractivity contribution in [2.24, 2.45) is 0 Å². The van der Waals surface area contributed by atoms with E-state index in [-0.39, 0.29) is 0 Å². The van der Waals surface area contributed by atoms with Crippen molar-refractivity contribution in [2.75, 3.05) is 11.4 Å². The van der Waals surface area contributed by atoms with Gasteiger partial charge in [-0.1, -0.05) is 6.07 Å². The summed E-state index contributed by atoms with van der Waals surface area (Å²) < 4.78 is 0. The second-order valence-corrected chi connectivity index (χ2v) is 5.57. The molecule has 2 aromatic heterocycles. The monoisotopic (exact) mass is 303 g/mol. The summed E-state index contributed by atoms with van der Waals surface area (Å²) in [6.45, 7) is 9.88. The molecule has 0 aromatic carbocycles. The molecule has 112 valence electrons. The highest BCUT2D eigenvalue weighted by Crippen LogP contribution is 2.25. The summed E-state index contributed by atoms with van der Waals surface area (Å²) in [5, 5.41) is 0. The van der Waals surface area contributed by atoms with Crippen LogP contribution in [0.3, 0.4) is 0 Å². The summed E-state index contributed by atoms with van der Waals surface area (Å²) in [4.78, 5) is 11.5. The minimum atomic E-state index is 0.478. The summed E-state index contributed by atoms with van der Waals surface area (Å²) in [7, 11) is 0. The molecule has 0 aliphatic heterocycles. The summed E-state index contributed by atoms with van der Waals surface area (Å²) in [6.07, 6.45) is 0. The van der Waals surface area contributed by atoms with Gasteiger partial charge in [0.05, 0.1) is 18.1 Å². The van der Waals surface area contributed by atoms with Gasteiger partial charge in [-0.15, -0.1) is 11.6 Å². The van der Waals surface area contributed by atoms with Gasteiger partial charge in [0.15, 0.2) is 0 Å². The van der Waals surface area contributed by atoms with Gasteiger partial charge in [0.1, 0.15) is 5.82 Å². The van der Waals surface area contributed by atoms with Crippen LogP contribution in [0.1, 0.15) is 35.1 Å². The van der Waals surface area contributed by atoms with Crippen molar-refractivity contribution in [1.29, 1.82) is 0 Å². The Kier molecular flexibility index (Phi) is 5.18. The first kappa shape index (κ1) is 15.8. The van der Waals surface area contributed by atoms with Gasteiger partial charge in [0.25, 0.3) is 0 Å². The Labute approximate surface area is 132 Å². The van der Waals surface area contributed by atoms with Gasteiger partial charge in [0, 0.05) is 23.5 Å². The molecule has 0 aliphatic rings. The van der Waals surface area contributed by atoms with Crippen molar-refractivity contribution < 1.29 is 0 Å². The number of aryl methyl sites for hydroxylation is 3. The van der Waals surface area contributed by atoms with Crippen LogP contribution in [0.25, 0.3) is 0 Å². The van der Waals surface area contributed by atoms with E-state index in [1.807, 2.05) is 26.0 Å². The molecule has 2 rings (SSSR count). The molecule has 0 N–H and O–H groups in total. The van der Waals surface area contributed by atoms with Crippen molar-refractivity contribution in [3.63, 3.8) is 0 Å². The fourth-order valence-corrected chi connectivity index (χ4v) is 2.82. The minimum absolute atomic E-state index is 0.478. The van der Waals surface area contributed by atoms with Crippen molar-refractivity contribution in [3.05, 3.63) is 52.5 Å². The second kappa shape index (κ2) is 6.90. The van der Waals surface area contributed by atoms with Crippen LogP contribution in [0, 0.1) is 20.8 Å². The number of rotatable bonds is 5. The van der Waals surface area contributed by atoms with E-state index in [9.17, 15) is 0 Å². The topological polar surface area (TPSA) is 29.0 Å². The maximum absolute atomic E-state index is 6.14. The number of nitrogens with zero attached hydrogens (tertiary/aromatic N) is 3.